The first-order chi connectivity index (χ1) is 10.9. The van der Waals surface area contributed by atoms with E-state index in [0.717, 1.165) is 32.4 Å². The van der Waals surface area contributed by atoms with Crippen molar-refractivity contribution in [1.82, 2.24) is 9.80 Å². The van der Waals surface area contributed by atoms with Crippen LogP contribution in [0.5, 0.6) is 0 Å². The van der Waals surface area contributed by atoms with Gasteiger partial charge >= 0.3 is 0 Å². The van der Waals surface area contributed by atoms with E-state index in [1.165, 1.54) is 44.9 Å². The van der Waals surface area contributed by atoms with Crippen LogP contribution in [-0.2, 0) is 4.79 Å². The van der Waals surface area contributed by atoms with Gasteiger partial charge in [-0.15, -0.1) is 0 Å². The van der Waals surface area contributed by atoms with E-state index in [9.17, 15) is 4.79 Å². The SMILES string of the molecule is CCCCCCC(C)(CCCCC)C(=O)N(C)CCCN(C)C. The average Bonchev–Trinajstić information content (AvgIpc) is 2.50. The summed E-state index contributed by atoms with van der Waals surface area (Å²) < 4.78 is 0. The van der Waals surface area contributed by atoms with Crippen molar-refractivity contribution in [3.8, 4) is 0 Å². The molecule has 0 aromatic rings. The standard InChI is InChI=1S/C20H42N2O/c1-7-9-11-13-16-20(3,15-12-10-8-2)19(23)22(6)18-14-17-21(4)5/h7-18H2,1-6H3. The number of rotatable bonds is 14. The van der Waals surface area contributed by atoms with Gasteiger partial charge in [0.1, 0.15) is 0 Å². The van der Waals surface area contributed by atoms with E-state index in [4.69, 9.17) is 0 Å². The lowest BCUT2D eigenvalue weighted by Gasteiger charge is -2.33. The highest BCUT2D eigenvalue weighted by Gasteiger charge is 2.34. The largest absolute Gasteiger partial charge is 0.345 e. The van der Waals surface area contributed by atoms with E-state index >= 15 is 0 Å². The molecule has 138 valence electrons. The normalized spacial score (nSPS) is 14.0. The summed E-state index contributed by atoms with van der Waals surface area (Å²) in [5.41, 5.74) is -0.157. The quantitative estimate of drug-likeness (QED) is 0.421. The van der Waals surface area contributed by atoms with E-state index in [1.54, 1.807) is 0 Å². The minimum absolute atomic E-state index is 0.157. The van der Waals surface area contributed by atoms with Crippen LogP contribution in [0.3, 0.4) is 0 Å². The van der Waals surface area contributed by atoms with Crippen LogP contribution in [0, 0.1) is 5.41 Å². The minimum atomic E-state index is -0.157. The Hall–Kier alpha value is -0.570. The summed E-state index contributed by atoms with van der Waals surface area (Å²) in [7, 11) is 6.16. The van der Waals surface area contributed by atoms with Gasteiger partial charge in [-0.1, -0.05) is 65.7 Å². The summed E-state index contributed by atoms with van der Waals surface area (Å²) in [5.74, 6) is 0.365. The van der Waals surface area contributed by atoms with Crippen molar-refractivity contribution in [1.29, 1.82) is 0 Å². The Kier molecular flexibility index (Phi) is 12.5. The van der Waals surface area contributed by atoms with Crippen molar-refractivity contribution < 1.29 is 4.79 Å². The smallest absolute Gasteiger partial charge is 0.228 e. The molecular formula is C20H42N2O. The molecule has 23 heavy (non-hydrogen) atoms. The van der Waals surface area contributed by atoms with Gasteiger partial charge in [0.25, 0.3) is 0 Å². The Morgan fingerprint density at radius 2 is 1.30 bits per heavy atom. The third-order valence-electron chi connectivity index (χ3n) is 4.88. The first-order valence-electron chi connectivity index (χ1n) is 9.77. The van der Waals surface area contributed by atoms with Crippen molar-refractivity contribution in [2.24, 2.45) is 5.41 Å². The van der Waals surface area contributed by atoms with Crippen LogP contribution in [0.15, 0.2) is 0 Å². The number of hydrogen-bond acceptors (Lipinski definition) is 2. The molecule has 0 bridgehead atoms. The molecule has 0 N–H and O–H groups in total. The van der Waals surface area contributed by atoms with E-state index in [2.05, 4.69) is 39.8 Å². The van der Waals surface area contributed by atoms with Crippen LogP contribution >= 0.6 is 0 Å². The lowest BCUT2D eigenvalue weighted by atomic mass is 9.78. The summed E-state index contributed by atoms with van der Waals surface area (Å²) >= 11 is 0. The van der Waals surface area contributed by atoms with E-state index in [0.29, 0.717) is 5.91 Å². The average molecular weight is 327 g/mol. The molecule has 3 heteroatoms. The number of hydrogen-bond donors (Lipinski definition) is 0. The molecule has 0 spiro atoms. The minimum Gasteiger partial charge on any atom is -0.345 e. The molecule has 0 aliphatic heterocycles. The second-order valence-corrected chi connectivity index (χ2v) is 7.71. The fourth-order valence-electron chi connectivity index (χ4n) is 3.23. The van der Waals surface area contributed by atoms with Gasteiger partial charge in [0.2, 0.25) is 5.91 Å². The van der Waals surface area contributed by atoms with E-state index in [-0.39, 0.29) is 5.41 Å². The van der Waals surface area contributed by atoms with Gasteiger partial charge in [-0.05, 0) is 39.9 Å². The fraction of sp³-hybridized carbons (Fsp3) is 0.950. The van der Waals surface area contributed by atoms with E-state index in [1.807, 2.05) is 11.9 Å². The Balaban J connectivity index is 4.56. The molecule has 0 aliphatic rings. The van der Waals surface area contributed by atoms with Crippen molar-refractivity contribution in [2.45, 2.75) is 85.0 Å². The van der Waals surface area contributed by atoms with Gasteiger partial charge in [-0.2, -0.15) is 0 Å². The van der Waals surface area contributed by atoms with Gasteiger partial charge in [-0.25, -0.2) is 0 Å². The number of carbonyl (C=O) groups is 1. The van der Waals surface area contributed by atoms with Crippen molar-refractivity contribution in [2.75, 3.05) is 34.2 Å². The third kappa shape index (κ3) is 10.0. The molecule has 3 nitrogen and oxygen atoms in total. The zero-order valence-electron chi connectivity index (χ0n) is 16.8. The molecule has 0 rings (SSSR count). The lowest BCUT2D eigenvalue weighted by molar-refractivity contribution is -0.141. The van der Waals surface area contributed by atoms with Crippen LogP contribution in [0.25, 0.3) is 0 Å². The van der Waals surface area contributed by atoms with Crippen LogP contribution in [0.2, 0.25) is 0 Å². The van der Waals surface area contributed by atoms with Crippen LogP contribution < -0.4 is 0 Å². The number of amides is 1. The Bertz CT molecular complexity index is 304. The first-order valence-corrected chi connectivity index (χ1v) is 9.77. The maximum absolute atomic E-state index is 13.0. The maximum Gasteiger partial charge on any atom is 0.228 e. The fourth-order valence-corrected chi connectivity index (χ4v) is 3.23. The van der Waals surface area contributed by atoms with E-state index < -0.39 is 0 Å². The molecule has 1 unspecified atom stereocenters. The van der Waals surface area contributed by atoms with Crippen molar-refractivity contribution in [3.63, 3.8) is 0 Å². The zero-order valence-corrected chi connectivity index (χ0v) is 16.8. The lowest BCUT2D eigenvalue weighted by Crippen LogP contribution is -2.41. The number of nitrogens with zero attached hydrogens (tertiary/aromatic N) is 2. The summed E-state index contributed by atoms with van der Waals surface area (Å²) in [6.45, 7) is 8.59. The molecule has 0 saturated carbocycles. The Morgan fingerprint density at radius 1 is 0.783 bits per heavy atom. The number of carbonyl (C=O) groups excluding carboxylic acids is 1. The van der Waals surface area contributed by atoms with Gasteiger partial charge in [0.05, 0.1) is 0 Å². The highest BCUT2D eigenvalue weighted by molar-refractivity contribution is 5.82. The highest BCUT2D eigenvalue weighted by Crippen LogP contribution is 2.33. The molecule has 0 fully saturated rings. The first kappa shape index (κ1) is 22.4. The summed E-state index contributed by atoms with van der Waals surface area (Å²) in [5, 5.41) is 0. The molecule has 0 aromatic carbocycles. The zero-order chi connectivity index (χ0) is 17.7. The summed E-state index contributed by atoms with van der Waals surface area (Å²) in [6, 6.07) is 0. The van der Waals surface area contributed by atoms with Crippen LogP contribution in [0.1, 0.15) is 85.0 Å². The predicted octanol–water partition coefficient (Wildman–Crippen LogP) is 4.95. The molecule has 0 aliphatic carbocycles. The second kappa shape index (κ2) is 12.8. The molecule has 1 amide bonds. The molecule has 0 aromatic heterocycles. The molecule has 1 atom stereocenters. The van der Waals surface area contributed by atoms with Crippen molar-refractivity contribution in [3.05, 3.63) is 0 Å². The molecule has 0 radical (unpaired) electrons. The van der Waals surface area contributed by atoms with Crippen LogP contribution in [0.4, 0.5) is 0 Å². The van der Waals surface area contributed by atoms with Crippen LogP contribution in [-0.4, -0.2) is 49.9 Å². The maximum atomic E-state index is 13.0. The van der Waals surface area contributed by atoms with Crippen molar-refractivity contribution >= 4 is 5.91 Å². The Morgan fingerprint density at radius 3 is 1.83 bits per heavy atom. The highest BCUT2D eigenvalue weighted by atomic mass is 16.2. The third-order valence-corrected chi connectivity index (χ3v) is 4.88. The second-order valence-electron chi connectivity index (χ2n) is 7.71. The monoisotopic (exact) mass is 326 g/mol. The Labute approximate surface area is 145 Å². The van der Waals surface area contributed by atoms with Gasteiger partial charge in [0, 0.05) is 19.0 Å². The number of unbranched alkanes of at least 4 members (excludes halogenated alkanes) is 5. The summed E-state index contributed by atoms with van der Waals surface area (Å²) in [4.78, 5) is 17.2. The van der Waals surface area contributed by atoms with Gasteiger partial charge in [0.15, 0.2) is 0 Å². The molecule has 0 saturated heterocycles. The summed E-state index contributed by atoms with van der Waals surface area (Å²) in [6.07, 6.45) is 11.8. The molecular weight excluding hydrogens is 284 g/mol. The van der Waals surface area contributed by atoms with Gasteiger partial charge in [-0.3, -0.25) is 4.79 Å². The predicted molar refractivity (Wildman–Crippen MR) is 102 cm³/mol. The van der Waals surface area contributed by atoms with Gasteiger partial charge < -0.3 is 9.80 Å². The molecule has 0 heterocycles. The topological polar surface area (TPSA) is 23.6 Å².